The summed E-state index contributed by atoms with van der Waals surface area (Å²) in [7, 11) is 3.49. The first-order chi connectivity index (χ1) is 13.1. The Morgan fingerprint density at radius 1 is 1.22 bits per heavy atom. The van der Waals surface area contributed by atoms with E-state index in [0.717, 1.165) is 15.7 Å². The summed E-state index contributed by atoms with van der Waals surface area (Å²) >= 11 is 1.49. The van der Waals surface area contributed by atoms with Gasteiger partial charge in [0.05, 0.1) is 19.4 Å². The Balaban J connectivity index is 1.81. The summed E-state index contributed by atoms with van der Waals surface area (Å²) in [6.07, 6.45) is 3.63. The predicted molar refractivity (Wildman–Crippen MR) is 106 cm³/mol. The topological polar surface area (TPSA) is 65.4 Å². The first-order valence-electron chi connectivity index (χ1n) is 8.48. The van der Waals surface area contributed by atoms with E-state index in [1.165, 1.54) is 11.8 Å². The van der Waals surface area contributed by atoms with E-state index in [1.54, 1.807) is 31.5 Å². The molecule has 0 saturated heterocycles. The second-order valence-electron chi connectivity index (χ2n) is 5.67. The maximum atomic E-state index is 12.7. The first-order valence-corrected chi connectivity index (χ1v) is 9.30. The van der Waals surface area contributed by atoms with E-state index in [0.29, 0.717) is 23.7 Å². The highest BCUT2D eigenvalue weighted by Crippen LogP contribution is 2.33. The van der Waals surface area contributed by atoms with Crippen molar-refractivity contribution in [1.29, 1.82) is 0 Å². The van der Waals surface area contributed by atoms with Gasteiger partial charge < -0.3 is 19.4 Å². The quantitative estimate of drug-likeness (QED) is 0.661. The van der Waals surface area contributed by atoms with Crippen LogP contribution in [-0.2, 0) is 7.05 Å². The zero-order valence-electron chi connectivity index (χ0n) is 15.4. The van der Waals surface area contributed by atoms with E-state index in [1.807, 2.05) is 49.0 Å². The molecule has 6 nitrogen and oxygen atoms in total. The van der Waals surface area contributed by atoms with Crippen LogP contribution in [0.1, 0.15) is 17.3 Å². The molecule has 0 aliphatic rings. The van der Waals surface area contributed by atoms with Gasteiger partial charge in [-0.2, -0.15) is 0 Å². The molecule has 0 spiro atoms. The molecule has 7 heteroatoms. The molecular weight excluding hydrogens is 362 g/mol. The van der Waals surface area contributed by atoms with E-state index in [-0.39, 0.29) is 5.91 Å². The third-order valence-corrected chi connectivity index (χ3v) is 4.99. The second kappa shape index (κ2) is 8.64. The van der Waals surface area contributed by atoms with Crippen LogP contribution in [0.3, 0.4) is 0 Å². The van der Waals surface area contributed by atoms with Crippen LogP contribution in [0.15, 0.2) is 64.9 Å². The fourth-order valence-corrected chi connectivity index (χ4v) is 3.38. The van der Waals surface area contributed by atoms with Crippen molar-refractivity contribution in [3.63, 3.8) is 0 Å². The Hall–Kier alpha value is -2.93. The fraction of sp³-hybridized carbons (Fsp3) is 0.200. The lowest BCUT2D eigenvalue weighted by molar-refractivity contribution is 0.102. The summed E-state index contributed by atoms with van der Waals surface area (Å²) in [6.45, 7) is 2.43. The molecule has 27 heavy (non-hydrogen) atoms. The Morgan fingerprint density at radius 2 is 2.04 bits per heavy atom. The molecule has 3 rings (SSSR count). The lowest BCUT2D eigenvalue weighted by atomic mass is 10.2. The van der Waals surface area contributed by atoms with Crippen LogP contribution in [0, 0.1) is 0 Å². The Bertz CT molecular complexity index is 940. The number of carbonyl (C=O) groups is 1. The number of para-hydroxylation sites is 1. The number of carbonyl (C=O) groups excluding carboxylic acids is 1. The Labute approximate surface area is 162 Å². The van der Waals surface area contributed by atoms with E-state index in [4.69, 9.17) is 9.47 Å². The molecule has 0 unspecified atom stereocenters. The number of rotatable bonds is 7. The summed E-state index contributed by atoms with van der Waals surface area (Å²) in [5.74, 6) is 0.923. The molecule has 1 heterocycles. The van der Waals surface area contributed by atoms with Crippen molar-refractivity contribution in [3.05, 3.63) is 60.4 Å². The van der Waals surface area contributed by atoms with Crippen molar-refractivity contribution in [2.75, 3.05) is 19.0 Å². The molecule has 0 atom stereocenters. The number of aromatic nitrogens is 2. The van der Waals surface area contributed by atoms with Crippen LogP contribution in [0.5, 0.6) is 11.5 Å². The standard InChI is InChI=1S/C20H21N3O3S/c1-4-26-16-10-9-14(13-17(16)25-3)19(24)22-15-7-5-6-8-18(15)27-20-21-11-12-23(20)2/h5-13H,4H2,1-3H3,(H,22,24). The highest BCUT2D eigenvalue weighted by Gasteiger charge is 2.14. The SMILES string of the molecule is CCOc1ccc(C(=O)Nc2ccccc2Sc2nccn2C)cc1OC. The molecule has 0 bridgehead atoms. The van der Waals surface area contributed by atoms with Gasteiger partial charge in [-0.05, 0) is 49.0 Å². The van der Waals surface area contributed by atoms with Gasteiger partial charge in [0.25, 0.3) is 5.91 Å². The highest BCUT2D eigenvalue weighted by atomic mass is 32.2. The van der Waals surface area contributed by atoms with E-state index in [2.05, 4.69) is 10.3 Å². The molecule has 0 radical (unpaired) electrons. The summed E-state index contributed by atoms with van der Waals surface area (Å²) in [6, 6.07) is 12.8. The monoisotopic (exact) mass is 383 g/mol. The van der Waals surface area contributed by atoms with Crippen molar-refractivity contribution in [2.45, 2.75) is 17.0 Å². The molecular formula is C20H21N3O3S. The fourth-order valence-electron chi connectivity index (χ4n) is 2.49. The largest absolute Gasteiger partial charge is 0.493 e. The van der Waals surface area contributed by atoms with Gasteiger partial charge in [0, 0.05) is 29.9 Å². The van der Waals surface area contributed by atoms with Crippen molar-refractivity contribution in [3.8, 4) is 11.5 Å². The van der Waals surface area contributed by atoms with Crippen LogP contribution in [0.4, 0.5) is 5.69 Å². The number of aryl methyl sites for hydroxylation is 1. The third-order valence-electron chi connectivity index (χ3n) is 3.84. The van der Waals surface area contributed by atoms with Crippen LogP contribution in [0.2, 0.25) is 0 Å². The van der Waals surface area contributed by atoms with E-state index >= 15 is 0 Å². The van der Waals surface area contributed by atoms with Crippen molar-refractivity contribution < 1.29 is 14.3 Å². The average Bonchev–Trinajstić information content (AvgIpc) is 3.08. The maximum Gasteiger partial charge on any atom is 0.255 e. The number of benzene rings is 2. The van der Waals surface area contributed by atoms with Crippen molar-refractivity contribution >= 4 is 23.4 Å². The van der Waals surface area contributed by atoms with Gasteiger partial charge in [0.1, 0.15) is 0 Å². The van der Waals surface area contributed by atoms with Gasteiger partial charge >= 0.3 is 0 Å². The number of hydrogen-bond acceptors (Lipinski definition) is 5. The number of anilines is 1. The number of hydrogen-bond donors (Lipinski definition) is 1. The second-order valence-corrected chi connectivity index (χ2v) is 6.68. The average molecular weight is 383 g/mol. The highest BCUT2D eigenvalue weighted by molar-refractivity contribution is 7.99. The number of nitrogens with zero attached hydrogens (tertiary/aromatic N) is 2. The summed E-state index contributed by atoms with van der Waals surface area (Å²) in [4.78, 5) is 18.0. The van der Waals surface area contributed by atoms with Gasteiger partial charge in [0.15, 0.2) is 16.7 Å². The number of nitrogens with one attached hydrogen (secondary N) is 1. The van der Waals surface area contributed by atoms with E-state index < -0.39 is 0 Å². The number of imidazole rings is 1. The van der Waals surface area contributed by atoms with Gasteiger partial charge in [-0.3, -0.25) is 4.79 Å². The van der Waals surface area contributed by atoms with E-state index in [9.17, 15) is 4.79 Å². The minimum Gasteiger partial charge on any atom is -0.493 e. The van der Waals surface area contributed by atoms with Crippen molar-refractivity contribution in [2.24, 2.45) is 7.05 Å². The molecule has 3 aromatic rings. The zero-order valence-corrected chi connectivity index (χ0v) is 16.2. The lowest BCUT2D eigenvalue weighted by Gasteiger charge is -2.13. The van der Waals surface area contributed by atoms with Crippen molar-refractivity contribution in [1.82, 2.24) is 9.55 Å². The third kappa shape index (κ3) is 4.43. The summed E-state index contributed by atoms with van der Waals surface area (Å²) in [5.41, 5.74) is 1.22. The van der Waals surface area contributed by atoms with Gasteiger partial charge in [-0.15, -0.1) is 0 Å². The zero-order chi connectivity index (χ0) is 19.2. The smallest absolute Gasteiger partial charge is 0.255 e. The maximum absolute atomic E-state index is 12.7. The van der Waals surface area contributed by atoms with Crippen LogP contribution in [-0.4, -0.2) is 29.2 Å². The number of amides is 1. The predicted octanol–water partition coefficient (Wildman–Crippen LogP) is 4.23. The van der Waals surface area contributed by atoms with Gasteiger partial charge in [-0.1, -0.05) is 12.1 Å². The summed E-state index contributed by atoms with van der Waals surface area (Å²) < 4.78 is 12.8. The van der Waals surface area contributed by atoms with Gasteiger partial charge in [0.2, 0.25) is 0 Å². The molecule has 0 saturated carbocycles. The molecule has 0 aliphatic carbocycles. The molecule has 0 aliphatic heterocycles. The minimum atomic E-state index is -0.218. The Kier molecular flexibility index (Phi) is 6.03. The first kappa shape index (κ1) is 18.8. The molecule has 1 N–H and O–H groups in total. The molecule has 140 valence electrons. The summed E-state index contributed by atoms with van der Waals surface area (Å²) in [5, 5.41) is 3.82. The lowest BCUT2D eigenvalue weighted by Crippen LogP contribution is -2.13. The van der Waals surface area contributed by atoms with Crippen LogP contribution < -0.4 is 14.8 Å². The minimum absolute atomic E-state index is 0.218. The normalized spacial score (nSPS) is 10.5. The van der Waals surface area contributed by atoms with Gasteiger partial charge in [-0.25, -0.2) is 4.98 Å². The number of ether oxygens (including phenoxy) is 2. The molecule has 0 fully saturated rings. The molecule has 1 aromatic heterocycles. The Morgan fingerprint density at radius 3 is 2.74 bits per heavy atom. The van der Waals surface area contributed by atoms with Crippen LogP contribution >= 0.6 is 11.8 Å². The number of methoxy groups -OCH3 is 1. The molecule has 2 aromatic carbocycles. The van der Waals surface area contributed by atoms with Crippen LogP contribution in [0.25, 0.3) is 0 Å². The molecule has 1 amide bonds.